The molecule has 1 spiro atoms. The van der Waals surface area contributed by atoms with Crippen LogP contribution in [-0.2, 0) is 0 Å². The molecule has 2 unspecified atom stereocenters. The smallest absolute Gasteiger partial charge is 0.0666 e. The summed E-state index contributed by atoms with van der Waals surface area (Å²) in [5, 5.41) is 12.4. The second-order valence-corrected chi connectivity index (χ2v) is 5.65. The molecule has 3 heteroatoms. The highest BCUT2D eigenvalue weighted by Crippen LogP contribution is 2.35. The Bertz CT molecular complexity index is 257. The van der Waals surface area contributed by atoms with Crippen LogP contribution in [-0.4, -0.2) is 37.6 Å². The highest BCUT2D eigenvalue weighted by Gasteiger charge is 2.36. The van der Waals surface area contributed by atoms with E-state index in [0.717, 1.165) is 6.54 Å². The number of likely N-dealkylation sites (tertiary alicyclic amines) is 1. The van der Waals surface area contributed by atoms with Gasteiger partial charge in [0, 0.05) is 19.6 Å². The van der Waals surface area contributed by atoms with Crippen molar-refractivity contribution in [2.45, 2.75) is 32.6 Å². The fraction of sp³-hybridized carbons (Fsp3) is 0.923. The highest BCUT2D eigenvalue weighted by atomic mass is 15.1. The molecule has 0 bridgehead atoms. The summed E-state index contributed by atoms with van der Waals surface area (Å²) < 4.78 is 0. The molecule has 0 aromatic carbocycles. The Labute approximate surface area is 98.8 Å². The van der Waals surface area contributed by atoms with Crippen LogP contribution in [0.3, 0.4) is 0 Å². The van der Waals surface area contributed by atoms with E-state index < -0.39 is 0 Å². The molecule has 0 saturated carbocycles. The van der Waals surface area contributed by atoms with Crippen molar-refractivity contribution in [3.63, 3.8) is 0 Å². The Kier molecular flexibility index (Phi) is 3.83. The average Bonchev–Trinajstić information content (AvgIpc) is 2.30. The maximum atomic E-state index is 8.88. The summed E-state index contributed by atoms with van der Waals surface area (Å²) in [4.78, 5) is 2.50. The van der Waals surface area contributed by atoms with Gasteiger partial charge >= 0.3 is 0 Å². The molecule has 2 aliphatic heterocycles. The molecule has 0 aromatic heterocycles. The number of piperidine rings is 2. The van der Waals surface area contributed by atoms with Crippen LogP contribution in [0.1, 0.15) is 32.6 Å². The van der Waals surface area contributed by atoms with E-state index in [1.165, 1.54) is 51.9 Å². The minimum Gasteiger partial charge on any atom is -0.316 e. The van der Waals surface area contributed by atoms with Crippen LogP contribution in [0.15, 0.2) is 0 Å². The van der Waals surface area contributed by atoms with Crippen molar-refractivity contribution in [1.29, 1.82) is 5.26 Å². The third-order valence-corrected chi connectivity index (χ3v) is 4.05. The number of rotatable bonds is 2. The first-order valence-corrected chi connectivity index (χ1v) is 6.57. The van der Waals surface area contributed by atoms with Gasteiger partial charge < -0.3 is 10.2 Å². The molecular formula is C13H23N3. The van der Waals surface area contributed by atoms with E-state index in [1.807, 2.05) is 6.92 Å². The molecule has 2 rings (SSSR count). The first-order chi connectivity index (χ1) is 7.74. The highest BCUT2D eigenvalue weighted by molar-refractivity contribution is 4.93. The Balaban J connectivity index is 1.90. The average molecular weight is 221 g/mol. The zero-order valence-corrected chi connectivity index (χ0v) is 10.3. The molecule has 0 aromatic rings. The topological polar surface area (TPSA) is 39.1 Å². The zero-order chi connectivity index (χ0) is 11.4. The number of nitriles is 1. The lowest BCUT2D eigenvalue weighted by molar-refractivity contribution is 0.0603. The monoisotopic (exact) mass is 221 g/mol. The van der Waals surface area contributed by atoms with Crippen molar-refractivity contribution in [2.75, 3.05) is 32.7 Å². The Morgan fingerprint density at radius 3 is 2.94 bits per heavy atom. The summed E-state index contributed by atoms with van der Waals surface area (Å²) >= 11 is 0. The van der Waals surface area contributed by atoms with E-state index in [-0.39, 0.29) is 5.92 Å². The summed E-state index contributed by atoms with van der Waals surface area (Å²) in [6.07, 6.45) is 5.37. The molecule has 90 valence electrons. The van der Waals surface area contributed by atoms with Crippen molar-refractivity contribution in [1.82, 2.24) is 10.2 Å². The van der Waals surface area contributed by atoms with Gasteiger partial charge in [0.1, 0.15) is 0 Å². The summed E-state index contributed by atoms with van der Waals surface area (Å²) in [5.74, 6) is 0.173. The quantitative estimate of drug-likeness (QED) is 0.770. The second kappa shape index (κ2) is 5.16. The SMILES string of the molecule is CC(C#N)CN1CCCC2(CCCNC2)C1. The number of nitrogens with one attached hydrogen (secondary N) is 1. The van der Waals surface area contributed by atoms with Crippen LogP contribution in [0.5, 0.6) is 0 Å². The maximum absolute atomic E-state index is 8.88. The molecule has 16 heavy (non-hydrogen) atoms. The van der Waals surface area contributed by atoms with E-state index in [9.17, 15) is 0 Å². The molecule has 0 radical (unpaired) electrons. The molecule has 2 saturated heterocycles. The van der Waals surface area contributed by atoms with Gasteiger partial charge in [-0.25, -0.2) is 0 Å². The summed E-state index contributed by atoms with van der Waals surface area (Å²) in [6, 6.07) is 2.35. The van der Waals surface area contributed by atoms with Crippen LogP contribution in [0.25, 0.3) is 0 Å². The fourth-order valence-corrected chi connectivity index (χ4v) is 3.27. The third-order valence-electron chi connectivity index (χ3n) is 4.05. The van der Waals surface area contributed by atoms with Crippen LogP contribution < -0.4 is 5.32 Å². The van der Waals surface area contributed by atoms with Gasteiger partial charge in [0.05, 0.1) is 12.0 Å². The van der Waals surface area contributed by atoms with Gasteiger partial charge in [-0.1, -0.05) is 0 Å². The van der Waals surface area contributed by atoms with E-state index in [2.05, 4.69) is 16.3 Å². The van der Waals surface area contributed by atoms with Gasteiger partial charge in [-0.2, -0.15) is 5.26 Å². The van der Waals surface area contributed by atoms with Crippen LogP contribution in [0.2, 0.25) is 0 Å². The predicted octanol–water partition coefficient (Wildman–Crippen LogP) is 1.61. The molecule has 2 aliphatic rings. The molecule has 2 heterocycles. The second-order valence-electron chi connectivity index (χ2n) is 5.65. The largest absolute Gasteiger partial charge is 0.316 e. The van der Waals surface area contributed by atoms with Crippen LogP contribution in [0, 0.1) is 22.7 Å². The minimum atomic E-state index is 0.173. The molecule has 3 nitrogen and oxygen atoms in total. The van der Waals surface area contributed by atoms with Crippen molar-refractivity contribution in [2.24, 2.45) is 11.3 Å². The Hall–Kier alpha value is -0.590. The minimum absolute atomic E-state index is 0.173. The van der Waals surface area contributed by atoms with E-state index >= 15 is 0 Å². The van der Waals surface area contributed by atoms with Gasteiger partial charge in [0.2, 0.25) is 0 Å². The molecule has 0 aliphatic carbocycles. The van der Waals surface area contributed by atoms with E-state index in [4.69, 9.17) is 5.26 Å². The maximum Gasteiger partial charge on any atom is 0.0666 e. The van der Waals surface area contributed by atoms with Crippen molar-refractivity contribution < 1.29 is 0 Å². The number of hydrogen-bond donors (Lipinski definition) is 1. The van der Waals surface area contributed by atoms with Gasteiger partial charge in [-0.15, -0.1) is 0 Å². The molecule has 2 fully saturated rings. The zero-order valence-electron chi connectivity index (χ0n) is 10.3. The molecule has 1 N–H and O–H groups in total. The van der Waals surface area contributed by atoms with Crippen LogP contribution >= 0.6 is 0 Å². The fourth-order valence-electron chi connectivity index (χ4n) is 3.27. The molecule has 2 atom stereocenters. The number of hydrogen-bond acceptors (Lipinski definition) is 3. The Morgan fingerprint density at radius 2 is 2.25 bits per heavy atom. The molecular weight excluding hydrogens is 198 g/mol. The van der Waals surface area contributed by atoms with Gasteiger partial charge in [-0.3, -0.25) is 0 Å². The molecule has 0 amide bonds. The first-order valence-electron chi connectivity index (χ1n) is 6.57. The third kappa shape index (κ3) is 2.75. The summed E-state index contributed by atoms with van der Waals surface area (Å²) in [5.41, 5.74) is 0.520. The van der Waals surface area contributed by atoms with Crippen molar-refractivity contribution >= 4 is 0 Å². The van der Waals surface area contributed by atoms with Gasteiger partial charge in [0.25, 0.3) is 0 Å². The number of nitrogens with zero attached hydrogens (tertiary/aromatic N) is 2. The van der Waals surface area contributed by atoms with E-state index in [1.54, 1.807) is 0 Å². The van der Waals surface area contributed by atoms with E-state index in [0.29, 0.717) is 5.41 Å². The normalized spacial score (nSPS) is 33.5. The van der Waals surface area contributed by atoms with Crippen molar-refractivity contribution in [3.05, 3.63) is 0 Å². The lowest BCUT2D eigenvalue weighted by Gasteiger charge is -2.45. The van der Waals surface area contributed by atoms with Crippen molar-refractivity contribution in [3.8, 4) is 6.07 Å². The summed E-state index contributed by atoms with van der Waals surface area (Å²) in [6.45, 7) is 7.75. The van der Waals surface area contributed by atoms with Gasteiger partial charge in [0.15, 0.2) is 0 Å². The standard InChI is InChI=1S/C13H23N3/c1-12(8-14)9-16-7-3-5-13(11-16)4-2-6-15-10-13/h12,15H,2-7,9-11H2,1H3. The van der Waals surface area contributed by atoms with Crippen LogP contribution in [0.4, 0.5) is 0 Å². The lowest BCUT2D eigenvalue weighted by Crippen LogP contribution is -2.51. The predicted molar refractivity (Wildman–Crippen MR) is 65.0 cm³/mol. The lowest BCUT2D eigenvalue weighted by atomic mass is 9.74. The summed E-state index contributed by atoms with van der Waals surface area (Å²) in [7, 11) is 0. The Morgan fingerprint density at radius 1 is 1.44 bits per heavy atom. The first kappa shape index (κ1) is 11.9. The van der Waals surface area contributed by atoms with Gasteiger partial charge in [-0.05, 0) is 51.1 Å².